The molecule has 1 N–H and O–H groups in total. The summed E-state index contributed by atoms with van der Waals surface area (Å²) >= 11 is 11.3. The molecule has 0 radical (unpaired) electrons. The van der Waals surface area contributed by atoms with Crippen molar-refractivity contribution < 1.29 is 0 Å². The summed E-state index contributed by atoms with van der Waals surface area (Å²) < 4.78 is 0. The third kappa shape index (κ3) is 1.49. The van der Waals surface area contributed by atoms with E-state index in [1.165, 1.54) is 6.21 Å². The Kier molecular flexibility index (Phi) is 2.30. The van der Waals surface area contributed by atoms with Crippen LogP contribution in [0.1, 0.15) is 5.56 Å². The SMILES string of the molecule is N=Cc1ccc(Cl)c(Cl)c1. The minimum Gasteiger partial charge on any atom is -0.308 e. The Balaban J connectivity index is 3.16. The number of benzene rings is 1. The Labute approximate surface area is 69.1 Å². The number of hydrogen-bond donors (Lipinski definition) is 1. The van der Waals surface area contributed by atoms with Crippen LogP contribution in [0.25, 0.3) is 0 Å². The fourth-order valence-corrected chi connectivity index (χ4v) is 0.909. The van der Waals surface area contributed by atoms with E-state index in [-0.39, 0.29) is 0 Å². The van der Waals surface area contributed by atoms with Gasteiger partial charge in [-0.1, -0.05) is 29.3 Å². The maximum Gasteiger partial charge on any atom is 0.0598 e. The zero-order valence-electron chi connectivity index (χ0n) is 5.07. The van der Waals surface area contributed by atoms with Crippen LogP contribution in [0.3, 0.4) is 0 Å². The summed E-state index contributed by atoms with van der Waals surface area (Å²) in [6.45, 7) is 0. The highest BCUT2D eigenvalue weighted by atomic mass is 35.5. The summed E-state index contributed by atoms with van der Waals surface area (Å²) in [5, 5.41) is 7.89. The molecule has 0 aromatic heterocycles. The smallest absolute Gasteiger partial charge is 0.0598 e. The van der Waals surface area contributed by atoms with Crippen LogP contribution in [0.15, 0.2) is 18.2 Å². The molecule has 0 fully saturated rings. The molecule has 0 spiro atoms. The van der Waals surface area contributed by atoms with E-state index < -0.39 is 0 Å². The van der Waals surface area contributed by atoms with E-state index in [0.29, 0.717) is 10.0 Å². The second kappa shape index (κ2) is 3.04. The first-order valence-electron chi connectivity index (χ1n) is 2.69. The maximum absolute atomic E-state index is 6.88. The monoisotopic (exact) mass is 173 g/mol. The second-order valence-electron chi connectivity index (χ2n) is 1.82. The van der Waals surface area contributed by atoms with Crippen molar-refractivity contribution in [3.63, 3.8) is 0 Å². The maximum atomic E-state index is 6.88. The molecule has 0 atom stereocenters. The van der Waals surface area contributed by atoms with Gasteiger partial charge in [0.25, 0.3) is 0 Å². The Morgan fingerprint density at radius 1 is 1.20 bits per heavy atom. The fraction of sp³-hybridized carbons (Fsp3) is 0. The average Bonchev–Trinajstić information content (AvgIpc) is 1.95. The van der Waals surface area contributed by atoms with Gasteiger partial charge >= 0.3 is 0 Å². The molecule has 3 heteroatoms. The molecule has 10 heavy (non-hydrogen) atoms. The molecular weight excluding hydrogens is 169 g/mol. The Morgan fingerprint density at radius 3 is 2.40 bits per heavy atom. The van der Waals surface area contributed by atoms with Crippen molar-refractivity contribution in [2.45, 2.75) is 0 Å². The van der Waals surface area contributed by atoms with E-state index in [9.17, 15) is 0 Å². The molecule has 1 aromatic carbocycles. The van der Waals surface area contributed by atoms with Gasteiger partial charge in [0.05, 0.1) is 10.0 Å². The molecule has 52 valence electrons. The molecule has 1 rings (SSSR count). The van der Waals surface area contributed by atoms with Crippen LogP contribution >= 0.6 is 23.2 Å². The van der Waals surface area contributed by atoms with Crippen molar-refractivity contribution in [2.75, 3.05) is 0 Å². The molecule has 1 aromatic rings. The zero-order valence-corrected chi connectivity index (χ0v) is 6.58. The van der Waals surface area contributed by atoms with Crippen LogP contribution in [-0.2, 0) is 0 Å². The van der Waals surface area contributed by atoms with Crippen LogP contribution in [0.2, 0.25) is 10.0 Å². The summed E-state index contributed by atoms with van der Waals surface area (Å²) in [6.07, 6.45) is 1.22. The zero-order chi connectivity index (χ0) is 7.56. The summed E-state index contributed by atoms with van der Waals surface area (Å²) in [5.74, 6) is 0. The van der Waals surface area contributed by atoms with Crippen molar-refractivity contribution in [1.29, 1.82) is 5.41 Å². The van der Waals surface area contributed by atoms with Crippen LogP contribution in [-0.4, -0.2) is 6.21 Å². The van der Waals surface area contributed by atoms with Gasteiger partial charge in [-0.05, 0) is 17.7 Å². The quantitative estimate of drug-likeness (QED) is 0.632. The average molecular weight is 174 g/mol. The minimum atomic E-state index is 0.489. The number of halogens is 2. The first kappa shape index (κ1) is 7.58. The number of nitrogens with one attached hydrogen (secondary N) is 1. The summed E-state index contributed by atoms with van der Waals surface area (Å²) in [7, 11) is 0. The van der Waals surface area contributed by atoms with Gasteiger partial charge in [0.2, 0.25) is 0 Å². The minimum absolute atomic E-state index is 0.489. The lowest BCUT2D eigenvalue weighted by Gasteiger charge is -1.94. The van der Waals surface area contributed by atoms with Gasteiger partial charge in [-0.15, -0.1) is 0 Å². The van der Waals surface area contributed by atoms with Gasteiger partial charge in [-0.25, -0.2) is 0 Å². The highest BCUT2D eigenvalue weighted by Gasteiger charge is 1.95. The molecule has 1 nitrogen and oxygen atoms in total. The second-order valence-corrected chi connectivity index (χ2v) is 2.63. The number of hydrogen-bond acceptors (Lipinski definition) is 1. The van der Waals surface area contributed by atoms with Crippen LogP contribution in [0.4, 0.5) is 0 Å². The molecule has 0 saturated carbocycles. The van der Waals surface area contributed by atoms with Crippen LogP contribution in [0, 0.1) is 5.41 Å². The standard InChI is InChI=1S/C7H5Cl2N/c8-6-2-1-5(4-10)3-7(6)9/h1-4,10H. The summed E-state index contributed by atoms with van der Waals surface area (Å²) in [6, 6.07) is 5.06. The molecule has 0 aliphatic rings. The molecule has 0 heterocycles. The van der Waals surface area contributed by atoms with Gasteiger partial charge in [-0.2, -0.15) is 0 Å². The lowest BCUT2D eigenvalue weighted by Crippen LogP contribution is -1.77. The number of rotatable bonds is 1. The van der Waals surface area contributed by atoms with Crippen molar-refractivity contribution in [2.24, 2.45) is 0 Å². The van der Waals surface area contributed by atoms with E-state index in [2.05, 4.69) is 0 Å². The first-order chi connectivity index (χ1) is 4.74. The normalized spacial score (nSPS) is 9.40. The van der Waals surface area contributed by atoms with Crippen molar-refractivity contribution >= 4 is 29.4 Å². The third-order valence-electron chi connectivity index (χ3n) is 1.11. The molecule has 0 aliphatic carbocycles. The van der Waals surface area contributed by atoms with Gasteiger partial charge in [-0.3, -0.25) is 0 Å². The van der Waals surface area contributed by atoms with Gasteiger partial charge in [0.15, 0.2) is 0 Å². The van der Waals surface area contributed by atoms with Crippen LogP contribution in [0.5, 0.6) is 0 Å². The van der Waals surface area contributed by atoms with Crippen molar-refractivity contribution in [1.82, 2.24) is 0 Å². The lowest BCUT2D eigenvalue weighted by molar-refractivity contribution is 1.54. The van der Waals surface area contributed by atoms with E-state index >= 15 is 0 Å². The van der Waals surface area contributed by atoms with E-state index in [0.717, 1.165) is 5.56 Å². The highest BCUT2D eigenvalue weighted by Crippen LogP contribution is 2.21. The summed E-state index contributed by atoms with van der Waals surface area (Å²) in [5.41, 5.74) is 0.759. The highest BCUT2D eigenvalue weighted by molar-refractivity contribution is 6.42. The molecule has 0 amide bonds. The first-order valence-corrected chi connectivity index (χ1v) is 3.45. The Morgan fingerprint density at radius 2 is 1.90 bits per heavy atom. The molecule has 0 unspecified atom stereocenters. The molecule has 0 bridgehead atoms. The molecule has 0 saturated heterocycles. The molecule has 0 aliphatic heterocycles. The summed E-state index contributed by atoms with van der Waals surface area (Å²) in [4.78, 5) is 0. The lowest BCUT2D eigenvalue weighted by atomic mass is 10.2. The predicted molar refractivity (Wildman–Crippen MR) is 44.3 cm³/mol. The Hall–Kier alpha value is -0.530. The molecular formula is C7H5Cl2N. The Bertz CT molecular complexity index is 258. The van der Waals surface area contributed by atoms with E-state index in [1.54, 1.807) is 18.2 Å². The topological polar surface area (TPSA) is 23.9 Å². The van der Waals surface area contributed by atoms with Crippen molar-refractivity contribution in [3.05, 3.63) is 33.8 Å². The largest absolute Gasteiger partial charge is 0.308 e. The predicted octanol–water partition coefficient (Wildman–Crippen LogP) is 2.99. The third-order valence-corrected chi connectivity index (χ3v) is 1.85. The van der Waals surface area contributed by atoms with Gasteiger partial charge in [0.1, 0.15) is 0 Å². The van der Waals surface area contributed by atoms with Crippen molar-refractivity contribution in [3.8, 4) is 0 Å². The van der Waals surface area contributed by atoms with Gasteiger partial charge < -0.3 is 5.41 Å². The van der Waals surface area contributed by atoms with E-state index in [4.69, 9.17) is 28.6 Å². The van der Waals surface area contributed by atoms with Crippen LogP contribution < -0.4 is 0 Å². The van der Waals surface area contributed by atoms with Gasteiger partial charge in [0, 0.05) is 6.21 Å². The van der Waals surface area contributed by atoms with E-state index in [1.807, 2.05) is 0 Å². The fourth-order valence-electron chi connectivity index (χ4n) is 0.602.